The Morgan fingerprint density at radius 1 is 1.24 bits per heavy atom. The summed E-state index contributed by atoms with van der Waals surface area (Å²) in [6, 6.07) is 9.71. The van der Waals surface area contributed by atoms with Crippen LogP contribution in [0.2, 0.25) is 0 Å². The predicted octanol–water partition coefficient (Wildman–Crippen LogP) is 2.93. The van der Waals surface area contributed by atoms with Crippen molar-refractivity contribution in [1.29, 1.82) is 0 Å². The van der Waals surface area contributed by atoms with Crippen LogP contribution in [0.25, 0.3) is 0 Å². The van der Waals surface area contributed by atoms with E-state index >= 15 is 0 Å². The highest BCUT2D eigenvalue weighted by Crippen LogP contribution is 2.38. The second kappa shape index (κ2) is 5.30. The molecule has 1 aliphatic carbocycles. The number of thiocarbonyl (C=S) groups is 1. The second-order valence-electron chi connectivity index (χ2n) is 5.10. The molecule has 0 saturated heterocycles. The van der Waals surface area contributed by atoms with Crippen molar-refractivity contribution >= 4 is 23.1 Å². The lowest BCUT2D eigenvalue weighted by molar-refractivity contribution is -0.112. The van der Waals surface area contributed by atoms with Crippen molar-refractivity contribution in [1.82, 2.24) is 10.6 Å². The Kier molecular flexibility index (Phi) is 3.47. The van der Waals surface area contributed by atoms with E-state index in [1.807, 2.05) is 56.3 Å². The normalized spacial score (nSPS) is 21.7. The number of rotatable bonds is 2. The van der Waals surface area contributed by atoms with Crippen LogP contribution in [0.4, 0.5) is 0 Å². The molecule has 1 unspecified atom stereocenters. The molecule has 21 heavy (non-hydrogen) atoms. The predicted molar refractivity (Wildman–Crippen MR) is 87.6 cm³/mol. The van der Waals surface area contributed by atoms with Crippen molar-refractivity contribution in [2.75, 3.05) is 0 Å². The van der Waals surface area contributed by atoms with Gasteiger partial charge in [0.15, 0.2) is 10.9 Å². The van der Waals surface area contributed by atoms with Crippen LogP contribution in [0, 0.1) is 0 Å². The van der Waals surface area contributed by atoms with Gasteiger partial charge in [0.1, 0.15) is 0 Å². The van der Waals surface area contributed by atoms with Gasteiger partial charge in [-0.25, -0.2) is 0 Å². The quantitative estimate of drug-likeness (QED) is 0.823. The van der Waals surface area contributed by atoms with E-state index < -0.39 is 0 Å². The van der Waals surface area contributed by atoms with E-state index in [9.17, 15) is 4.79 Å². The van der Waals surface area contributed by atoms with Gasteiger partial charge in [-0.1, -0.05) is 42.5 Å². The summed E-state index contributed by atoms with van der Waals surface area (Å²) in [6.07, 6.45) is 3.89. The minimum absolute atomic E-state index is 0.0782. The van der Waals surface area contributed by atoms with E-state index in [2.05, 4.69) is 10.6 Å². The summed E-state index contributed by atoms with van der Waals surface area (Å²) in [7, 11) is 0. The van der Waals surface area contributed by atoms with Crippen molar-refractivity contribution < 1.29 is 4.79 Å². The molecule has 4 heteroatoms. The average Bonchev–Trinajstić information content (AvgIpc) is 2.73. The van der Waals surface area contributed by atoms with Crippen LogP contribution in [-0.2, 0) is 4.79 Å². The first kappa shape index (κ1) is 13.8. The van der Waals surface area contributed by atoms with Gasteiger partial charge in [0.05, 0.1) is 17.3 Å². The number of carbonyl (C=O) groups is 1. The molecule has 0 amide bonds. The largest absolute Gasteiger partial charge is 0.351 e. The third-order valence-electron chi connectivity index (χ3n) is 3.80. The third kappa shape index (κ3) is 2.21. The molecule has 1 aliphatic heterocycles. The van der Waals surface area contributed by atoms with E-state index in [1.165, 1.54) is 0 Å². The van der Waals surface area contributed by atoms with Crippen LogP contribution < -0.4 is 10.6 Å². The SMILES string of the molecule is C/C=C\C1=C(C)C(=O)C2=C1NC(=S)NC2c1ccccc1. The zero-order chi connectivity index (χ0) is 15.0. The minimum atomic E-state index is -0.194. The van der Waals surface area contributed by atoms with Gasteiger partial charge >= 0.3 is 0 Å². The van der Waals surface area contributed by atoms with Gasteiger partial charge in [0.2, 0.25) is 0 Å². The van der Waals surface area contributed by atoms with Gasteiger partial charge in [0.25, 0.3) is 0 Å². The highest BCUT2D eigenvalue weighted by Gasteiger charge is 2.37. The zero-order valence-electron chi connectivity index (χ0n) is 11.9. The maximum Gasteiger partial charge on any atom is 0.189 e. The molecule has 0 aromatic heterocycles. The van der Waals surface area contributed by atoms with Crippen LogP contribution in [0.5, 0.6) is 0 Å². The molecule has 2 aliphatic rings. The molecule has 106 valence electrons. The van der Waals surface area contributed by atoms with Gasteiger partial charge in [-0.05, 0) is 31.6 Å². The number of ketones is 1. The standard InChI is InChI=1S/C17H16N2OS/c1-3-7-12-10(2)16(20)13-14(11-8-5-4-6-9-11)18-17(21)19-15(12)13/h3-9,14H,1-2H3,(H2,18,19,21)/b7-3-. The lowest BCUT2D eigenvalue weighted by Crippen LogP contribution is -2.44. The van der Waals surface area contributed by atoms with E-state index in [4.69, 9.17) is 12.2 Å². The van der Waals surface area contributed by atoms with E-state index in [1.54, 1.807) is 0 Å². The topological polar surface area (TPSA) is 41.1 Å². The van der Waals surface area contributed by atoms with Gasteiger partial charge in [-0.3, -0.25) is 4.79 Å². The summed E-state index contributed by atoms with van der Waals surface area (Å²) in [5.41, 5.74) is 4.32. The first-order chi connectivity index (χ1) is 10.1. The van der Waals surface area contributed by atoms with Crippen LogP contribution in [0.15, 0.2) is 64.9 Å². The van der Waals surface area contributed by atoms with Crippen molar-refractivity contribution in [2.24, 2.45) is 0 Å². The van der Waals surface area contributed by atoms with Crippen molar-refractivity contribution in [3.05, 3.63) is 70.5 Å². The second-order valence-corrected chi connectivity index (χ2v) is 5.51. The monoisotopic (exact) mass is 296 g/mol. The molecule has 3 nitrogen and oxygen atoms in total. The Morgan fingerprint density at radius 3 is 2.62 bits per heavy atom. The summed E-state index contributed by atoms with van der Waals surface area (Å²) in [5, 5.41) is 6.90. The molecule has 1 aromatic rings. The number of hydrogen-bond donors (Lipinski definition) is 2. The molecule has 1 heterocycles. The molecule has 1 aromatic carbocycles. The lowest BCUT2D eigenvalue weighted by Gasteiger charge is -2.29. The lowest BCUT2D eigenvalue weighted by atomic mass is 9.94. The summed E-state index contributed by atoms with van der Waals surface area (Å²) >= 11 is 5.31. The van der Waals surface area contributed by atoms with E-state index in [0.717, 1.165) is 28.0 Å². The molecule has 3 rings (SSSR count). The fraction of sp³-hybridized carbons (Fsp3) is 0.176. The van der Waals surface area contributed by atoms with Crippen molar-refractivity contribution in [3.8, 4) is 0 Å². The Bertz CT molecular complexity index is 714. The Balaban J connectivity index is 2.14. The van der Waals surface area contributed by atoms with Crippen molar-refractivity contribution in [2.45, 2.75) is 19.9 Å². The van der Waals surface area contributed by atoms with Gasteiger partial charge in [-0.2, -0.15) is 0 Å². The third-order valence-corrected chi connectivity index (χ3v) is 4.02. The number of benzene rings is 1. The fourth-order valence-corrected chi connectivity index (χ4v) is 3.02. The van der Waals surface area contributed by atoms with Crippen LogP contribution in [-0.4, -0.2) is 10.9 Å². The minimum Gasteiger partial charge on any atom is -0.351 e. The van der Waals surface area contributed by atoms with Crippen LogP contribution >= 0.6 is 12.2 Å². The van der Waals surface area contributed by atoms with Gasteiger partial charge in [-0.15, -0.1) is 0 Å². The summed E-state index contributed by atoms with van der Waals surface area (Å²) in [5.74, 6) is 0.0782. The smallest absolute Gasteiger partial charge is 0.189 e. The molecule has 0 fully saturated rings. The maximum atomic E-state index is 12.6. The van der Waals surface area contributed by atoms with E-state index in [0.29, 0.717) is 5.11 Å². The Morgan fingerprint density at radius 2 is 1.95 bits per heavy atom. The number of carbonyl (C=O) groups excluding carboxylic acids is 1. The fourth-order valence-electron chi connectivity index (χ4n) is 2.80. The molecule has 0 bridgehead atoms. The van der Waals surface area contributed by atoms with Crippen molar-refractivity contribution in [3.63, 3.8) is 0 Å². The molecular weight excluding hydrogens is 280 g/mol. The summed E-state index contributed by atoms with van der Waals surface area (Å²) in [4.78, 5) is 12.6. The van der Waals surface area contributed by atoms with E-state index in [-0.39, 0.29) is 11.8 Å². The highest BCUT2D eigenvalue weighted by molar-refractivity contribution is 7.80. The first-order valence-electron chi connectivity index (χ1n) is 6.88. The van der Waals surface area contributed by atoms with Gasteiger partial charge < -0.3 is 10.6 Å². The van der Waals surface area contributed by atoms with Crippen LogP contribution in [0.1, 0.15) is 25.5 Å². The van der Waals surface area contributed by atoms with Crippen LogP contribution in [0.3, 0.4) is 0 Å². The van der Waals surface area contributed by atoms with Gasteiger partial charge in [0, 0.05) is 11.1 Å². The number of nitrogens with one attached hydrogen (secondary N) is 2. The molecular formula is C17H16N2OS. The Hall–Kier alpha value is -2.20. The number of hydrogen-bond acceptors (Lipinski definition) is 2. The average molecular weight is 296 g/mol. The number of Topliss-reactive ketones (excluding diaryl/α,β-unsaturated/α-hetero) is 1. The molecule has 0 spiro atoms. The highest BCUT2D eigenvalue weighted by atomic mass is 32.1. The number of allylic oxidation sites excluding steroid dienone is 3. The Labute approximate surface area is 129 Å². The summed E-state index contributed by atoms with van der Waals surface area (Å²) < 4.78 is 0. The first-order valence-corrected chi connectivity index (χ1v) is 7.29. The molecule has 0 saturated carbocycles. The maximum absolute atomic E-state index is 12.6. The molecule has 0 radical (unpaired) electrons. The molecule has 1 atom stereocenters. The zero-order valence-corrected chi connectivity index (χ0v) is 12.8. The molecule has 2 N–H and O–H groups in total. The summed E-state index contributed by atoms with van der Waals surface area (Å²) in [6.45, 7) is 3.81.